The lowest BCUT2D eigenvalue weighted by Gasteiger charge is -2.12. The highest BCUT2D eigenvalue weighted by Gasteiger charge is 2.19. The van der Waals surface area contributed by atoms with Gasteiger partial charge in [-0.25, -0.2) is 12.7 Å². The number of benzene rings is 2. The van der Waals surface area contributed by atoms with Crippen molar-refractivity contribution in [2.24, 2.45) is 0 Å². The smallest absolute Gasteiger partial charge is 0.269 e. The van der Waals surface area contributed by atoms with E-state index in [1.165, 1.54) is 38.4 Å². The maximum Gasteiger partial charge on any atom is 0.269 e. The molecule has 10 heteroatoms. The van der Waals surface area contributed by atoms with Gasteiger partial charge in [0.25, 0.3) is 5.91 Å². The van der Waals surface area contributed by atoms with Crippen LogP contribution in [0.15, 0.2) is 59.5 Å². The molecule has 0 atom stereocenters. The first kappa shape index (κ1) is 23.0. The highest BCUT2D eigenvalue weighted by atomic mass is 32.2. The normalized spacial score (nSPS) is 11.0. The van der Waals surface area contributed by atoms with Crippen molar-refractivity contribution in [2.45, 2.75) is 17.7 Å². The summed E-state index contributed by atoms with van der Waals surface area (Å²) in [6, 6.07) is 14.7. The van der Waals surface area contributed by atoms with Gasteiger partial charge in [-0.15, -0.1) is 0 Å². The summed E-state index contributed by atoms with van der Waals surface area (Å²) in [6.45, 7) is 0.115. The average Bonchev–Trinajstić information content (AvgIpc) is 2.72. The van der Waals surface area contributed by atoms with Crippen LogP contribution in [0.1, 0.15) is 22.3 Å². The van der Waals surface area contributed by atoms with Gasteiger partial charge in [-0.2, -0.15) is 0 Å². The van der Waals surface area contributed by atoms with Crippen molar-refractivity contribution in [1.29, 1.82) is 0 Å². The molecule has 0 fully saturated rings. The molecule has 3 amide bonds. The number of nitrogens with one attached hydrogen (secondary N) is 3. The zero-order chi connectivity index (χ0) is 22.1. The van der Waals surface area contributed by atoms with E-state index in [1.807, 2.05) is 30.3 Å². The second-order valence-electron chi connectivity index (χ2n) is 6.58. The Kier molecular flexibility index (Phi) is 8.07. The van der Waals surface area contributed by atoms with E-state index < -0.39 is 21.8 Å². The molecule has 30 heavy (non-hydrogen) atoms. The van der Waals surface area contributed by atoms with Gasteiger partial charge < -0.3 is 5.32 Å². The summed E-state index contributed by atoms with van der Waals surface area (Å²) in [5, 5.41) is 2.63. The predicted octanol–water partition coefficient (Wildman–Crippen LogP) is 0.447. The minimum absolute atomic E-state index is 0.0319. The molecule has 0 aliphatic heterocycles. The first-order chi connectivity index (χ1) is 14.2. The number of hydrogen-bond donors (Lipinski definition) is 3. The van der Waals surface area contributed by atoms with Crippen LogP contribution >= 0.6 is 0 Å². The van der Waals surface area contributed by atoms with E-state index in [0.29, 0.717) is 0 Å². The van der Waals surface area contributed by atoms with Crippen molar-refractivity contribution >= 4 is 27.7 Å². The fraction of sp³-hybridized carbons (Fsp3) is 0.250. The Labute approximate surface area is 175 Å². The van der Waals surface area contributed by atoms with Crippen molar-refractivity contribution in [2.75, 3.05) is 20.6 Å². The van der Waals surface area contributed by atoms with E-state index in [2.05, 4.69) is 16.2 Å². The van der Waals surface area contributed by atoms with Gasteiger partial charge in [0.15, 0.2) is 0 Å². The van der Waals surface area contributed by atoms with Crippen LogP contribution in [0.2, 0.25) is 0 Å². The average molecular weight is 433 g/mol. The van der Waals surface area contributed by atoms with Crippen molar-refractivity contribution in [3.63, 3.8) is 0 Å². The van der Waals surface area contributed by atoms with Gasteiger partial charge >= 0.3 is 0 Å². The number of hydrazine groups is 1. The third-order valence-corrected chi connectivity index (χ3v) is 5.88. The zero-order valence-corrected chi connectivity index (χ0v) is 17.5. The highest BCUT2D eigenvalue weighted by molar-refractivity contribution is 7.89. The van der Waals surface area contributed by atoms with E-state index in [-0.39, 0.29) is 35.8 Å². The molecule has 0 saturated carbocycles. The summed E-state index contributed by atoms with van der Waals surface area (Å²) in [5.74, 6) is -1.37. The van der Waals surface area contributed by atoms with E-state index in [9.17, 15) is 22.8 Å². The van der Waals surface area contributed by atoms with E-state index >= 15 is 0 Å². The van der Waals surface area contributed by atoms with Crippen LogP contribution in [0.5, 0.6) is 0 Å². The summed E-state index contributed by atoms with van der Waals surface area (Å²) < 4.78 is 25.3. The Balaban J connectivity index is 1.78. The number of carbonyl (C=O) groups is 3. The molecule has 0 unspecified atom stereocenters. The van der Waals surface area contributed by atoms with Gasteiger partial charge in [-0.1, -0.05) is 36.4 Å². The Morgan fingerprint density at radius 3 is 2.27 bits per heavy atom. The van der Waals surface area contributed by atoms with Crippen LogP contribution in [-0.2, 0) is 26.0 Å². The summed E-state index contributed by atoms with van der Waals surface area (Å²) in [7, 11) is -0.902. The molecule has 9 nitrogen and oxygen atoms in total. The topological polar surface area (TPSA) is 125 Å². The molecule has 0 saturated heterocycles. The molecule has 0 aromatic heterocycles. The molecule has 0 aliphatic carbocycles. The van der Waals surface area contributed by atoms with Crippen LogP contribution in [0.25, 0.3) is 0 Å². The van der Waals surface area contributed by atoms with Gasteiger partial charge in [0.1, 0.15) is 0 Å². The Hall–Kier alpha value is -3.24. The zero-order valence-electron chi connectivity index (χ0n) is 16.7. The van der Waals surface area contributed by atoms with Gasteiger partial charge in [0.05, 0.1) is 11.3 Å². The van der Waals surface area contributed by atoms with Crippen LogP contribution in [0.3, 0.4) is 0 Å². The van der Waals surface area contributed by atoms with Crippen LogP contribution in [-0.4, -0.2) is 51.1 Å². The van der Waals surface area contributed by atoms with E-state index in [1.54, 1.807) is 0 Å². The van der Waals surface area contributed by atoms with Crippen molar-refractivity contribution < 1.29 is 22.8 Å². The molecule has 2 aromatic carbocycles. The van der Waals surface area contributed by atoms with Crippen LogP contribution in [0.4, 0.5) is 0 Å². The number of carbonyl (C=O) groups excluding carboxylic acids is 3. The van der Waals surface area contributed by atoms with Crippen LogP contribution in [0, 0.1) is 0 Å². The Morgan fingerprint density at radius 1 is 0.900 bits per heavy atom. The molecule has 0 radical (unpaired) electrons. The molecule has 0 heterocycles. The Bertz CT molecular complexity index is 1010. The second kappa shape index (κ2) is 10.5. The van der Waals surface area contributed by atoms with Gasteiger partial charge in [-0.05, 0) is 23.8 Å². The third kappa shape index (κ3) is 6.68. The van der Waals surface area contributed by atoms with Crippen molar-refractivity contribution in [1.82, 2.24) is 20.5 Å². The summed E-state index contributed by atoms with van der Waals surface area (Å²) in [6.07, 6.45) is 0.182. The lowest BCUT2D eigenvalue weighted by Crippen LogP contribution is -2.43. The lowest BCUT2D eigenvalue weighted by molar-refractivity contribution is -0.122. The molecule has 0 bridgehead atoms. The number of nitrogens with zero attached hydrogens (tertiary/aromatic N) is 1. The number of hydrogen-bond acceptors (Lipinski definition) is 5. The second-order valence-corrected chi connectivity index (χ2v) is 8.73. The molecule has 2 aromatic rings. The molecule has 2 rings (SSSR count). The van der Waals surface area contributed by atoms with E-state index in [4.69, 9.17) is 0 Å². The minimum atomic E-state index is -3.68. The molecule has 3 N–H and O–H groups in total. The number of amides is 3. The minimum Gasteiger partial charge on any atom is -0.355 e. The monoisotopic (exact) mass is 432 g/mol. The highest BCUT2D eigenvalue weighted by Crippen LogP contribution is 2.14. The summed E-state index contributed by atoms with van der Waals surface area (Å²) in [4.78, 5) is 35.8. The third-order valence-electron chi connectivity index (χ3n) is 4.07. The standard InChI is InChI=1S/C20H24N4O5S/c1-24(2)30(28,29)17-10-6-9-16(14-17)20(27)23-22-18(25)11-12-21-19(26)13-15-7-4-3-5-8-15/h3-10,14H,11-13H2,1-2H3,(H,21,26)(H,22,25)(H,23,27). The van der Waals surface area contributed by atoms with Crippen molar-refractivity contribution in [3.8, 4) is 0 Å². The molecular formula is C20H24N4O5S. The van der Waals surface area contributed by atoms with E-state index in [0.717, 1.165) is 9.87 Å². The molecule has 160 valence electrons. The SMILES string of the molecule is CN(C)S(=O)(=O)c1cccc(C(=O)NNC(=O)CCNC(=O)Cc2ccccc2)c1. The first-order valence-electron chi connectivity index (χ1n) is 9.12. The maximum absolute atomic E-state index is 12.2. The molecular weight excluding hydrogens is 408 g/mol. The van der Waals surface area contributed by atoms with Gasteiger partial charge in [-0.3, -0.25) is 25.2 Å². The molecule has 0 aliphatic rings. The predicted molar refractivity (Wildman–Crippen MR) is 111 cm³/mol. The van der Waals surface area contributed by atoms with Crippen LogP contribution < -0.4 is 16.2 Å². The van der Waals surface area contributed by atoms with Crippen molar-refractivity contribution in [3.05, 3.63) is 65.7 Å². The maximum atomic E-state index is 12.2. The fourth-order valence-electron chi connectivity index (χ4n) is 2.43. The number of sulfonamides is 1. The quantitative estimate of drug-likeness (QED) is 0.523. The fourth-order valence-corrected chi connectivity index (χ4v) is 3.38. The first-order valence-corrected chi connectivity index (χ1v) is 10.6. The number of rotatable bonds is 8. The summed E-state index contributed by atoms with van der Waals surface area (Å²) in [5.41, 5.74) is 5.40. The largest absolute Gasteiger partial charge is 0.355 e. The lowest BCUT2D eigenvalue weighted by atomic mass is 10.1. The van der Waals surface area contributed by atoms with Gasteiger partial charge in [0, 0.05) is 32.6 Å². The van der Waals surface area contributed by atoms with Gasteiger partial charge in [0.2, 0.25) is 21.8 Å². The Morgan fingerprint density at radius 2 is 1.60 bits per heavy atom. The molecule has 0 spiro atoms. The summed E-state index contributed by atoms with van der Waals surface area (Å²) >= 11 is 0.